The number of nitrogens with one attached hydrogen (secondary N) is 1. The van der Waals surface area contributed by atoms with Gasteiger partial charge in [0.2, 0.25) is 0 Å². The van der Waals surface area contributed by atoms with Crippen LogP contribution in [0.1, 0.15) is 5.56 Å². The van der Waals surface area contributed by atoms with Gasteiger partial charge in [0.1, 0.15) is 0 Å². The highest BCUT2D eigenvalue weighted by Gasteiger charge is 2.13. The molecule has 0 atom stereocenters. The zero-order chi connectivity index (χ0) is 13.9. The van der Waals surface area contributed by atoms with E-state index < -0.39 is 10.0 Å². The molecule has 0 amide bonds. The summed E-state index contributed by atoms with van der Waals surface area (Å²) in [5.74, 6) is 0. The molecule has 2 rings (SSSR count). The summed E-state index contributed by atoms with van der Waals surface area (Å²) in [5, 5.41) is 0. The Labute approximate surface area is 126 Å². The zero-order valence-corrected chi connectivity index (χ0v) is 13.0. The highest BCUT2D eigenvalue weighted by molar-refractivity contribution is 14.1. The number of sulfonamides is 1. The fourth-order valence-corrected chi connectivity index (χ4v) is 3.39. The van der Waals surface area contributed by atoms with Gasteiger partial charge in [-0.05, 0) is 58.5 Å². The molecule has 0 bridgehead atoms. The van der Waals surface area contributed by atoms with Crippen LogP contribution in [0.5, 0.6) is 0 Å². The normalized spacial score (nSPS) is 11.0. The number of benzene rings is 2. The maximum Gasteiger partial charge on any atom is 0.261 e. The third kappa shape index (κ3) is 3.57. The molecular weight excluding hydrogens is 373 g/mol. The molecule has 19 heavy (non-hydrogen) atoms. The van der Waals surface area contributed by atoms with Crippen LogP contribution in [0.25, 0.3) is 6.08 Å². The van der Waals surface area contributed by atoms with Gasteiger partial charge in [-0.25, -0.2) is 8.42 Å². The van der Waals surface area contributed by atoms with E-state index in [0.717, 1.165) is 9.13 Å². The minimum atomic E-state index is -3.54. The number of hydrogen-bond acceptors (Lipinski definition) is 2. The van der Waals surface area contributed by atoms with Gasteiger partial charge in [0.15, 0.2) is 0 Å². The summed E-state index contributed by atoms with van der Waals surface area (Å²) in [4.78, 5) is 0.257. The lowest BCUT2D eigenvalue weighted by atomic mass is 10.2. The Bertz CT molecular complexity index is 694. The SMILES string of the molecule is C=Cc1ccc(NS(=O)(=O)c2cccc(I)c2)cc1. The van der Waals surface area contributed by atoms with E-state index in [1.54, 1.807) is 48.5 Å². The number of anilines is 1. The highest BCUT2D eigenvalue weighted by Crippen LogP contribution is 2.18. The van der Waals surface area contributed by atoms with Gasteiger partial charge < -0.3 is 0 Å². The van der Waals surface area contributed by atoms with E-state index in [-0.39, 0.29) is 4.90 Å². The third-order valence-corrected chi connectivity index (χ3v) is 4.55. The predicted molar refractivity (Wildman–Crippen MR) is 86.5 cm³/mol. The van der Waals surface area contributed by atoms with Gasteiger partial charge in [-0.2, -0.15) is 0 Å². The van der Waals surface area contributed by atoms with Crippen molar-refractivity contribution < 1.29 is 8.42 Å². The van der Waals surface area contributed by atoms with Crippen molar-refractivity contribution in [3.63, 3.8) is 0 Å². The van der Waals surface area contributed by atoms with Gasteiger partial charge in [0.25, 0.3) is 10.0 Å². The molecule has 98 valence electrons. The monoisotopic (exact) mass is 385 g/mol. The van der Waals surface area contributed by atoms with Crippen LogP contribution in [0.4, 0.5) is 5.69 Å². The molecule has 2 aromatic carbocycles. The van der Waals surface area contributed by atoms with E-state index in [0.29, 0.717) is 5.69 Å². The number of rotatable bonds is 4. The molecule has 0 unspecified atom stereocenters. The Balaban J connectivity index is 2.28. The minimum absolute atomic E-state index is 0.257. The van der Waals surface area contributed by atoms with Crippen molar-refractivity contribution in [3.05, 3.63) is 64.2 Å². The van der Waals surface area contributed by atoms with Crippen LogP contribution in [0.3, 0.4) is 0 Å². The molecule has 0 saturated carbocycles. The molecule has 0 aliphatic heterocycles. The van der Waals surface area contributed by atoms with E-state index in [1.807, 2.05) is 6.07 Å². The van der Waals surface area contributed by atoms with Gasteiger partial charge >= 0.3 is 0 Å². The first-order valence-electron chi connectivity index (χ1n) is 5.52. The van der Waals surface area contributed by atoms with Crippen LogP contribution in [0, 0.1) is 3.57 Å². The van der Waals surface area contributed by atoms with Crippen LogP contribution in [-0.4, -0.2) is 8.42 Å². The van der Waals surface area contributed by atoms with Crippen molar-refractivity contribution in [3.8, 4) is 0 Å². The number of hydrogen-bond donors (Lipinski definition) is 1. The van der Waals surface area contributed by atoms with Gasteiger partial charge in [0, 0.05) is 9.26 Å². The topological polar surface area (TPSA) is 46.2 Å². The smallest absolute Gasteiger partial charge is 0.261 e. The van der Waals surface area contributed by atoms with E-state index >= 15 is 0 Å². The van der Waals surface area contributed by atoms with Crippen LogP contribution in [-0.2, 0) is 10.0 Å². The fraction of sp³-hybridized carbons (Fsp3) is 0. The second-order valence-electron chi connectivity index (χ2n) is 3.89. The second kappa shape index (κ2) is 5.75. The Morgan fingerprint density at radius 1 is 1.11 bits per heavy atom. The molecule has 5 heteroatoms. The van der Waals surface area contributed by atoms with Crippen molar-refractivity contribution in [2.75, 3.05) is 4.72 Å². The summed E-state index contributed by atoms with van der Waals surface area (Å²) in [6, 6.07) is 13.8. The van der Waals surface area contributed by atoms with Crippen LogP contribution >= 0.6 is 22.6 Å². The fourth-order valence-electron chi connectivity index (χ4n) is 1.54. The standard InChI is InChI=1S/C14H12INO2S/c1-2-11-6-8-13(9-7-11)16-19(17,18)14-5-3-4-12(15)10-14/h2-10,16H,1H2. The van der Waals surface area contributed by atoms with Crippen molar-refractivity contribution in [1.29, 1.82) is 0 Å². The molecule has 0 aromatic heterocycles. The molecule has 0 aliphatic carbocycles. The molecular formula is C14H12INO2S. The van der Waals surface area contributed by atoms with E-state index in [1.165, 1.54) is 0 Å². The molecule has 3 nitrogen and oxygen atoms in total. The molecule has 0 aliphatic rings. The Kier molecular flexibility index (Phi) is 4.26. The van der Waals surface area contributed by atoms with Crippen molar-refractivity contribution in [2.45, 2.75) is 4.90 Å². The van der Waals surface area contributed by atoms with E-state index in [9.17, 15) is 8.42 Å². The average Bonchev–Trinajstić information content (AvgIpc) is 2.39. The maximum atomic E-state index is 12.2. The first kappa shape index (κ1) is 14.1. The van der Waals surface area contributed by atoms with Gasteiger partial charge in [-0.15, -0.1) is 0 Å². The maximum absolute atomic E-state index is 12.2. The molecule has 0 radical (unpaired) electrons. The van der Waals surface area contributed by atoms with Crippen molar-refractivity contribution in [1.82, 2.24) is 0 Å². The largest absolute Gasteiger partial charge is 0.280 e. The first-order chi connectivity index (χ1) is 9.01. The van der Waals surface area contributed by atoms with E-state index in [4.69, 9.17) is 0 Å². The lowest BCUT2D eigenvalue weighted by Crippen LogP contribution is -2.12. The molecule has 0 saturated heterocycles. The molecule has 0 fully saturated rings. The summed E-state index contributed by atoms with van der Waals surface area (Å²) >= 11 is 2.08. The summed E-state index contributed by atoms with van der Waals surface area (Å²) in [6.07, 6.45) is 1.71. The molecule has 1 N–H and O–H groups in total. The van der Waals surface area contributed by atoms with Crippen LogP contribution < -0.4 is 4.72 Å². The summed E-state index contributed by atoms with van der Waals surface area (Å²) in [7, 11) is -3.54. The molecule has 2 aromatic rings. The summed E-state index contributed by atoms with van der Waals surface area (Å²) < 4.78 is 27.8. The third-order valence-electron chi connectivity index (χ3n) is 2.50. The summed E-state index contributed by atoms with van der Waals surface area (Å²) in [5.41, 5.74) is 1.47. The second-order valence-corrected chi connectivity index (χ2v) is 6.82. The molecule has 0 heterocycles. The zero-order valence-electron chi connectivity index (χ0n) is 10.0. The number of halogens is 1. The van der Waals surface area contributed by atoms with Crippen LogP contribution in [0.2, 0.25) is 0 Å². The average molecular weight is 385 g/mol. The Hall–Kier alpha value is -1.34. The highest BCUT2D eigenvalue weighted by atomic mass is 127. The van der Waals surface area contributed by atoms with Gasteiger partial charge in [-0.3, -0.25) is 4.72 Å². The summed E-state index contributed by atoms with van der Waals surface area (Å²) in [6.45, 7) is 3.65. The quantitative estimate of drug-likeness (QED) is 0.816. The van der Waals surface area contributed by atoms with Gasteiger partial charge in [-0.1, -0.05) is 30.9 Å². The minimum Gasteiger partial charge on any atom is -0.280 e. The lowest BCUT2D eigenvalue weighted by Gasteiger charge is -2.08. The lowest BCUT2D eigenvalue weighted by molar-refractivity contribution is 0.601. The van der Waals surface area contributed by atoms with Gasteiger partial charge in [0.05, 0.1) is 4.90 Å². The first-order valence-corrected chi connectivity index (χ1v) is 8.08. The molecule has 0 spiro atoms. The Morgan fingerprint density at radius 2 is 1.79 bits per heavy atom. The van der Waals surface area contributed by atoms with Crippen molar-refractivity contribution in [2.24, 2.45) is 0 Å². The van der Waals surface area contributed by atoms with Crippen LogP contribution in [0.15, 0.2) is 60.0 Å². The van der Waals surface area contributed by atoms with Crippen molar-refractivity contribution >= 4 is 44.4 Å². The Morgan fingerprint density at radius 3 is 2.37 bits per heavy atom. The predicted octanol–water partition coefficient (Wildman–Crippen LogP) is 3.74. The van der Waals surface area contributed by atoms with E-state index in [2.05, 4.69) is 33.9 Å².